The number of aryl methyl sites for hydroxylation is 1. The van der Waals surface area contributed by atoms with Crippen LogP contribution in [0.25, 0.3) is 0 Å². The zero-order chi connectivity index (χ0) is 15.4. The minimum atomic E-state index is -0.840. The third kappa shape index (κ3) is 3.65. The summed E-state index contributed by atoms with van der Waals surface area (Å²) in [5.41, 5.74) is 1.60. The lowest BCUT2D eigenvalue weighted by molar-refractivity contribution is -0.143. The molecule has 1 aliphatic heterocycles. The molecule has 0 radical (unpaired) electrons. The van der Waals surface area contributed by atoms with Crippen molar-refractivity contribution >= 4 is 17.7 Å². The Hall–Kier alpha value is -2.24. The smallest absolute Gasteiger partial charge is 0.321 e. The second-order valence-corrected chi connectivity index (χ2v) is 5.23. The van der Waals surface area contributed by atoms with Gasteiger partial charge in [0, 0.05) is 18.8 Å². The molecule has 1 aromatic rings. The number of nitrogens with one attached hydrogen (secondary N) is 1. The zero-order valence-electron chi connectivity index (χ0n) is 12.3. The van der Waals surface area contributed by atoms with E-state index in [9.17, 15) is 9.59 Å². The predicted octanol–water partition coefficient (Wildman–Crippen LogP) is 2.33. The summed E-state index contributed by atoms with van der Waals surface area (Å²) in [7, 11) is 1.59. The summed E-state index contributed by atoms with van der Waals surface area (Å²) >= 11 is 0. The molecule has 21 heavy (non-hydrogen) atoms. The summed E-state index contributed by atoms with van der Waals surface area (Å²) in [4.78, 5) is 24.8. The lowest BCUT2D eigenvalue weighted by atomic mass is 9.99. The Labute approximate surface area is 123 Å². The molecule has 1 aliphatic rings. The van der Waals surface area contributed by atoms with Gasteiger partial charge in [0.25, 0.3) is 0 Å². The number of urea groups is 1. The van der Waals surface area contributed by atoms with Crippen LogP contribution in [0, 0.1) is 12.8 Å². The fraction of sp³-hybridized carbons (Fsp3) is 0.467. The number of piperidine rings is 1. The molecule has 6 heteroatoms. The van der Waals surface area contributed by atoms with Gasteiger partial charge in [-0.15, -0.1) is 0 Å². The molecule has 1 aromatic carbocycles. The Balaban J connectivity index is 2.02. The van der Waals surface area contributed by atoms with Crippen LogP contribution in [0.5, 0.6) is 5.75 Å². The van der Waals surface area contributed by atoms with Crippen molar-refractivity contribution in [2.45, 2.75) is 19.8 Å². The van der Waals surface area contributed by atoms with E-state index in [0.29, 0.717) is 25.1 Å². The second-order valence-electron chi connectivity index (χ2n) is 5.23. The number of rotatable bonds is 3. The highest BCUT2D eigenvalue weighted by molar-refractivity contribution is 5.90. The van der Waals surface area contributed by atoms with Crippen LogP contribution < -0.4 is 10.1 Å². The van der Waals surface area contributed by atoms with Gasteiger partial charge in [-0.3, -0.25) is 4.79 Å². The Kier molecular flexibility index (Phi) is 4.67. The number of aliphatic carboxylic acids is 1. The summed E-state index contributed by atoms with van der Waals surface area (Å²) in [5, 5.41) is 11.9. The molecule has 0 aromatic heterocycles. The van der Waals surface area contributed by atoms with Crippen molar-refractivity contribution in [2.75, 3.05) is 25.5 Å². The fourth-order valence-corrected chi connectivity index (χ4v) is 2.46. The quantitative estimate of drug-likeness (QED) is 0.896. The maximum atomic E-state index is 12.2. The molecule has 1 fully saturated rings. The van der Waals surface area contributed by atoms with E-state index >= 15 is 0 Å². The lowest BCUT2D eigenvalue weighted by Crippen LogP contribution is -2.44. The lowest BCUT2D eigenvalue weighted by Gasteiger charge is -2.30. The molecule has 2 amide bonds. The average molecular weight is 292 g/mol. The van der Waals surface area contributed by atoms with Crippen LogP contribution in [0.1, 0.15) is 18.4 Å². The van der Waals surface area contributed by atoms with Gasteiger partial charge in [0.05, 0.1) is 13.0 Å². The second kappa shape index (κ2) is 6.47. The minimum absolute atomic E-state index is 0.255. The van der Waals surface area contributed by atoms with Crippen molar-refractivity contribution < 1.29 is 19.4 Å². The largest absolute Gasteiger partial charge is 0.497 e. The van der Waals surface area contributed by atoms with E-state index < -0.39 is 11.9 Å². The summed E-state index contributed by atoms with van der Waals surface area (Å²) in [6, 6.07) is 5.14. The molecule has 0 unspecified atom stereocenters. The van der Waals surface area contributed by atoms with Crippen LogP contribution in [0.4, 0.5) is 10.5 Å². The van der Waals surface area contributed by atoms with Crippen LogP contribution in [-0.2, 0) is 4.79 Å². The number of carboxylic acids is 1. The molecule has 1 saturated heterocycles. The van der Waals surface area contributed by atoms with Crippen molar-refractivity contribution in [3.05, 3.63) is 23.8 Å². The average Bonchev–Trinajstić information content (AvgIpc) is 2.49. The predicted molar refractivity (Wildman–Crippen MR) is 78.7 cm³/mol. The Morgan fingerprint density at radius 2 is 2.19 bits per heavy atom. The Bertz CT molecular complexity index is 544. The van der Waals surface area contributed by atoms with Crippen molar-refractivity contribution in [3.8, 4) is 5.75 Å². The van der Waals surface area contributed by atoms with Gasteiger partial charge < -0.3 is 20.1 Å². The number of carbonyl (C=O) groups excluding carboxylic acids is 1. The highest BCUT2D eigenvalue weighted by Gasteiger charge is 2.28. The van der Waals surface area contributed by atoms with Gasteiger partial charge in [0.2, 0.25) is 0 Å². The minimum Gasteiger partial charge on any atom is -0.497 e. The number of carboxylic acid groups (broad SMARTS) is 1. The van der Waals surface area contributed by atoms with Gasteiger partial charge >= 0.3 is 12.0 Å². The van der Waals surface area contributed by atoms with E-state index in [-0.39, 0.29) is 12.6 Å². The van der Waals surface area contributed by atoms with Crippen LogP contribution in [-0.4, -0.2) is 42.2 Å². The zero-order valence-corrected chi connectivity index (χ0v) is 12.3. The van der Waals surface area contributed by atoms with E-state index in [0.717, 1.165) is 11.3 Å². The number of likely N-dealkylation sites (tertiary alicyclic amines) is 1. The number of amides is 2. The van der Waals surface area contributed by atoms with Gasteiger partial charge in [-0.05, 0) is 43.5 Å². The van der Waals surface area contributed by atoms with E-state index in [4.69, 9.17) is 9.84 Å². The molecule has 114 valence electrons. The van der Waals surface area contributed by atoms with Crippen molar-refractivity contribution in [3.63, 3.8) is 0 Å². The monoisotopic (exact) mass is 292 g/mol. The molecular weight excluding hydrogens is 272 g/mol. The van der Waals surface area contributed by atoms with Crippen LogP contribution >= 0.6 is 0 Å². The van der Waals surface area contributed by atoms with Gasteiger partial charge in [0.15, 0.2) is 0 Å². The Morgan fingerprint density at radius 3 is 2.81 bits per heavy atom. The van der Waals surface area contributed by atoms with Gasteiger partial charge in [-0.1, -0.05) is 0 Å². The highest BCUT2D eigenvalue weighted by atomic mass is 16.5. The number of carbonyl (C=O) groups is 2. The molecule has 1 heterocycles. The number of nitrogens with zero attached hydrogens (tertiary/aromatic N) is 1. The van der Waals surface area contributed by atoms with Crippen molar-refractivity contribution in [1.29, 1.82) is 0 Å². The van der Waals surface area contributed by atoms with Gasteiger partial charge in [-0.25, -0.2) is 4.79 Å². The van der Waals surface area contributed by atoms with E-state index in [2.05, 4.69) is 5.32 Å². The van der Waals surface area contributed by atoms with Crippen molar-refractivity contribution in [2.24, 2.45) is 5.92 Å². The fourth-order valence-electron chi connectivity index (χ4n) is 2.46. The molecule has 2 rings (SSSR count). The number of benzene rings is 1. The maximum absolute atomic E-state index is 12.2. The van der Waals surface area contributed by atoms with Crippen LogP contribution in [0.3, 0.4) is 0 Å². The van der Waals surface area contributed by atoms with E-state index in [1.54, 1.807) is 24.1 Å². The van der Waals surface area contributed by atoms with Crippen LogP contribution in [0.15, 0.2) is 18.2 Å². The van der Waals surface area contributed by atoms with Gasteiger partial charge in [-0.2, -0.15) is 0 Å². The first-order chi connectivity index (χ1) is 10.0. The first-order valence-corrected chi connectivity index (χ1v) is 6.94. The molecule has 1 atom stereocenters. The topological polar surface area (TPSA) is 78.9 Å². The number of ether oxygens (including phenoxy) is 1. The number of methoxy groups -OCH3 is 1. The standard InChI is InChI=1S/C15H20N2O4/c1-10-8-12(21-2)5-6-13(10)16-15(20)17-7-3-4-11(9-17)14(18)19/h5-6,8,11H,3-4,7,9H2,1-2H3,(H,16,20)(H,18,19)/t11-/m1/s1. The van der Waals surface area contributed by atoms with Crippen molar-refractivity contribution in [1.82, 2.24) is 4.90 Å². The molecular formula is C15H20N2O4. The molecule has 0 aliphatic carbocycles. The SMILES string of the molecule is COc1ccc(NC(=O)N2CCC[C@@H](C(=O)O)C2)c(C)c1. The number of hydrogen-bond acceptors (Lipinski definition) is 3. The summed E-state index contributed by atoms with van der Waals surface area (Å²) in [5.74, 6) is -0.580. The van der Waals surface area contributed by atoms with E-state index in [1.165, 1.54) is 0 Å². The summed E-state index contributed by atoms with van der Waals surface area (Å²) in [6.07, 6.45) is 1.34. The van der Waals surface area contributed by atoms with Gasteiger partial charge in [0.1, 0.15) is 5.75 Å². The number of anilines is 1. The third-order valence-corrected chi connectivity index (χ3v) is 3.73. The molecule has 0 saturated carbocycles. The van der Waals surface area contributed by atoms with Crippen LogP contribution in [0.2, 0.25) is 0 Å². The molecule has 0 bridgehead atoms. The summed E-state index contributed by atoms with van der Waals surface area (Å²) < 4.78 is 5.12. The first-order valence-electron chi connectivity index (χ1n) is 6.94. The maximum Gasteiger partial charge on any atom is 0.321 e. The van der Waals surface area contributed by atoms with E-state index in [1.807, 2.05) is 13.0 Å². The molecule has 6 nitrogen and oxygen atoms in total. The highest BCUT2D eigenvalue weighted by Crippen LogP contribution is 2.22. The normalized spacial score (nSPS) is 18.2. The first kappa shape index (κ1) is 15.2. The molecule has 2 N–H and O–H groups in total. The Morgan fingerprint density at radius 1 is 1.43 bits per heavy atom. The number of hydrogen-bond donors (Lipinski definition) is 2. The molecule has 0 spiro atoms. The summed E-state index contributed by atoms with van der Waals surface area (Å²) in [6.45, 7) is 2.73. The third-order valence-electron chi connectivity index (χ3n) is 3.73.